The van der Waals surface area contributed by atoms with Gasteiger partial charge in [-0.3, -0.25) is 0 Å². The summed E-state index contributed by atoms with van der Waals surface area (Å²) in [6.45, 7) is 2.02. The lowest BCUT2D eigenvalue weighted by atomic mass is 10.1. The van der Waals surface area contributed by atoms with Crippen LogP contribution in [0.1, 0.15) is 5.56 Å². The van der Waals surface area contributed by atoms with Gasteiger partial charge in [0.15, 0.2) is 5.82 Å². The van der Waals surface area contributed by atoms with E-state index in [0.717, 1.165) is 11.1 Å². The van der Waals surface area contributed by atoms with Crippen molar-refractivity contribution in [1.29, 1.82) is 0 Å². The summed E-state index contributed by atoms with van der Waals surface area (Å²) in [5.41, 5.74) is 2.99. The molecule has 0 unspecified atom stereocenters. The molecule has 76 valence electrons. The minimum atomic E-state index is -0.270. The Labute approximate surface area is 102 Å². The maximum atomic E-state index is 13.3. The molecule has 2 rings (SSSR count). The molecule has 0 aliphatic rings. The second-order valence-electron chi connectivity index (χ2n) is 3.36. The molecule has 0 aliphatic heterocycles. The van der Waals surface area contributed by atoms with E-state index >= 15 is 0 Å². The highest BCUT2D eigenvalue weighted by Gasteiger charge is 2.03. The van der Waals surface area contributed by atoms with Crippen molar-refractivity contribution in [2.24, 2.45) is 0 Å². The van der Waals surface area contributed by atoms with Crippen molar-refractivity contribution in [3.63, 3.8) is 0 Å². The standard InChI is InChI=1S/C12H9FIN/c1-8-2-4-9(5-3-8)10-6-11(13)12(14)15-7-10/h2-7H,1H3. The van der Waals surface area contributed by atoms with Crippen LogP contribution >= 0.6 is 22.6 Å². The SMILES string of the molecule is Cc1ccc(-c2cnc(I)c(F)c2)cc1. The molecule has 3 heteroatoms. The van der Waals surface area contributed by atoms with Gasteiger partial charge in [0, 0.05) is 11.8 Å². The Bertz CT molecular complexity index is 479. The summed E-state index contributed by atoms with van der Waals surface area (Å²) in [5, 5.41) is 0. The summed E-state index contributed by atoms with van der Waals surface area (Å²) in [5.74, 6) is -0.270. The van der Waals surface area contributed by atoms with Crippen molar-refractivity contribution in [3.8, 4) is 11.1 Å². The predicted molar refractivity (Wildman–Crippen MR) is 67.1 cm³/mol. The minimum absolute atomic E-state index is 0.270. The lowest BCUT2D eigenvalue weighted by Gasteiger charge is -2.02. The number of pyridine rings is 1. The zero-order valence-electron chi connectivity index (χ0n) is 8.17. The second kappa shape index (κ2) is 4.26. The molecule has 0 fully saturated rings. The first-order valence-electron chi connectivity index (χ1n) is 4.55. The van der Waals surface area contributed by atoms with Gasteiger partial charge in [-0.25, -0.2) is 9.37 Å². The third-order valence-electron chi connectivity index (χ3n) is 2.18. The van der Waals surface area contributed by atoms with Crippen LogP contribution in [-0.4, -0.2) is 4.98 Å². The van der Waals surface area contributed by atoms with E-state index in [1.165, 1.54) is 11.6 Å². The fourth-order valence-corrected chi connectivity index (χ4v) is 1.62. The zero-order valence-corrected chi connectivity index (χ0v) is 10.3. The Balaban J connectivity index is 2.45. The van der Waals surface area contributed by atoms with Crippen molar-refractivity contribution in [3.05, 3.63) is 51.6 Å². The summed E-state index contributed by atoms with van der Waals surface area (Å²) < 4.78 is 13.7. The van der Waals surface area contributed by atoms with E-state index in [1.54, 1.807) is 6.20 Å². The highest BCUT2D eigenvalue weighted by molar-refractivity contribution is 14.1. The van der Waals surface area contributed by atoms with Gasteiger partial charge in [-0.1, -0.05) is 29.8 Å². The second-order valence-corrected chi connectivity index (χ2v) is 4.38. The van der Waals surface area contributed by atoms with E-state index in [9.17, 15) is 4.39 Å². The molecule has 15 heavy (non-hydrogen) atoms. The highest BCUT2D eigenvalue weighted by atomic mass is 127. The maximum Gasteiger partial charge on any atom is 0.155 e. The van der Waals surface area contributed by atoms with E-state index in [4.69, 9.17) is 0 Å². The van der Waals surface area contributed by atoms with Gasteiger partial charge in [-0.15, -0.1) is 0 Å². The molecule has 1 nitrogen and oxygen atoms in total. The first-order chi connectivity index (χ1) is 7.16. The Kier molecular flexibility index (Phi) is 3.00. The normalized spacial score (nSPS) is 10.3. The number of aromatic nitrogens is 1. The van der Waals surface area contributed by atoms with Crippen molar-refractivity contribution >= 4 is 22.6 Å². The van der Waals surface area contributed by atoms with Crippen LogP contribution in [-0.2, 0) is 0 Å². The van der Waals surface area contributed by atoms with Gasteiger partial charge in [0.2, 0.25) is 0 Å². The molecule has 0 saturated carbocycles. The van der Waals surface area contributed by atoms with E-state index in [2.05, 4.69) is 4.98 Å². The minimum Gasteiger partial charge on any atom is -0.247 e. The van der Waals surface area contributed by atoms with E-state index in [0.29, 0.717) is 3.70 Å². The van der Waals surface area contributed by atoms with Gasteiger partial charge in [0.25, 0.3) is 0 Å². The molecule has 0 spiro atoms. The molecule has 0 bridgehead atoms. The number of hydrogen-bond donors (Lipinski definition) is 0. The molecular weight excluding hydrogens is 304 g/mol. The number of halogens is 2. The summed E-state index contributed by atoms with van der Waals surface area (Å²) in [6.07, 6.45) is 1.69. The van der Waals surface area contributed by atoms with E-state index in [-0.39, 0.29) is 5.82 Å². The molecule has 1 aromatic heterocycles. The van der Waals surface area contributed by atoms with Crippen molar-refractivity contribution in [2.45, 2.75) is 6.92 Å². The Morgan fingerprint density at radius 3 is 2.40 bits per heavy atom. The fraction of sp³-hybridized carbons (Fsp3) is 0.0833. The summed E-state index contributed by atoms with van der Waals surface area (Å²) >= 11 is 1.88. The molecule has 2 aromatic rings. The van der Waals surface area contributed by atoms with Crippen LogP contribution in [0.5, 0.6) is 0 Å². The Morgan fingerprint density at radius 2 is 1.80 bits per heavy atom. The van der Waals surface area contributed by atoms with Gasteiger partial charge in [-0.2, -0.15) is 0 Å². The number of rotatable bonds is 1. The molecule has 1 heterocycles. The molecule has 0 aliphatic carbocycles. The van der Waals surface area contributed by atoms with Crippen LogP contribution in [0.2, 0.25) is 0 Å². The third kappa shape index (κ3) is 2.34. The van der Waals surface area contributed by atoms with Gasteiger partial charge in [0.05, 0.1) is 0 Å². The number of hydrogen-bond acceptors (Lipinski definition) is 1. The first kappa shape index (κ1) is 10.5. The first-order valence-corrected chi connectivity index (χ1v) is 5.63. The topological polar surface area (TPSA) is 12.9 Å². The van der Waals surface area contributed by atoms with Crippen LogP contribution in [0.4, 0.5) is 4.39 Å². The Morgan fingerprint density at radius 1 is 1.13 bits per heavy atom. The molecule has 0 atom stereocenters. The third-order valence-corrected chi connectivity index (χ3v) is 2.97. The molecule has 0 N–H and O–H groups in total. The summed E-state index contributed by atoms with van der Waals surface area (Å²) in [6, 6.07) is 9.47. The lowest BCUT2D eigenvalue weighted by Crippen LogP contribution is -1.88. The number of nitrogens with zero attached hydrogens (tertiary/aromatic N) is 1. The van der Waals surface area contributed by atoms with Crippen LogP contribution in [0.25, 0.3) is 11.1 Å². The number of benzene rings is 1. The van der Waals surface area contributed by atoms with Gasteiger partial charge in [-0.05, 0) is 41.1 Å². The highest BCUT2D eigenvalue weighted by Crippen LogP contribution is 2.21. The molecule has 0 saturated heterocycles. The van der Waals surface area contributed by atoms with E-state index < -0.39 is 0 Å². The van der Waals surface area contributed by atoms with E-state index in [1.807, 2.05) is 53.8 Å². The van der Waals surface area contributed by atoms with Crippen molar-refractivity contribution < 1.29 is 4.39 Å². The van der Waals surface area contributed by atoms with Gasteiger partial charge in [0.1, 0.15) is 3.70 Å². The largest absolute Gasteiger partial charge is 0.247 e. The van der Waals surface area contributed by atoms with Crippen LogP contribution in [0.3, 0.4) is 0 Å². The average molecular weight is 313 g/mol. The molecule has 0 amide bonds. The van der Waals surface area contributed by atoms with Crippen molar-refractivity contribution in [2.75, 3.05) is 0 Å². The van der Waals surface area contributed by atoms with Gasteiger partial charge < -0.3 is 0 Å². The molecular formula is C12H9FIN. The molecule has 0 radical (unpaired) electrons. The zero-order chi connectivity index (χ0) is 10.8. The average Bonchev–Trinajstić information content (AvgIpc) is 2.23. The molecule has 1 aromatic carbocycles. The maximum absolute atomic E-state index is 13.3. The summed E-state index contributed by atoms with van der Waals surface area (Å²) in [7, 11) is 0. The lowest BCUT2D eigenvalue weighted by molar-refractivity contribution is 0.612. The van der Waals surface area contributed by atoms with Crippen LogP contribution in [0, 0.1) is 16.4 Å². The Hall–Kier alpha value is -0.970. The monoisotopic (exact) mass is 313 g/mol. The smallest absolute Gasteiger partial charge is 0.155 e. The van der Waals surface area contributed by atoms with Gasteiger partial charge >= 0.3 is 0 Å². The number of aryl methyl sites for hydroxylation is 1. The fourth-order valence-electron chi connectivity index (χ4n) is 1.33. The quantitative estimate of drug-likeness (QED) is 0.576. The van der Waals surface area contributed by atoms with Crippen molar-refractivity contribution in [1.82, 2.24) is 4.98 Å². The predicted octanol–water partition coefficient (Wildman–Crippen LogP) is 3.80. The summed E-state index contributed by atoms with van der Waals surface area (Å²) in [4.78, 5) is 3.99. The van der Waals surface area contributed by atoms with Crippen LogP contribution in [0.15, 0.2) is 36.5 Å². The van der Waals surface area contributed by atoms with Crippen LogP contribution < -0.4 is 0 Å².